The predicted octanol–water partition coefficient (Wildman–Crippen LogP) is 4.55. The Morgan fingerprint density at radius 3 is 2.23 bits per heavy atom. The van der Waals surface area contributed by atoms with E-state index in [-0.39, 0.29) is 23.9 Å². The molecule has 0 spiro atoms. The minimum absolute atomic E-state index is 0.123. The molecule has 1 aliphatic rings. The molecule has 0 saturated carbocycles. The third kappa shape index (κ3) is 3.92. The van der Waals surface area contributed by atoms with Gasteiger partial charge in [-0.15, -0.1) is 13.2 Å². The summed E-state index contributed by atoms with van der Waals surface area (Å²) in [4.78, 5) is 13.0. The minimum Gasteiger partial charge on any atom is -0.321 e. The summed E-state index contributed by atoms with van der Waals surface area (Å²) in [7, 11) is -3.70. The van der Waals surface area contributed by atoms with Crippen LogP contribution in [0.1, 0.15) is 21.5 Å². The first-order valence-electron chi connectivity index (χ1n) is 10.1. The number of carbonyl (C=O) groups excluding carboxylic acids is 1. The Hall–Kier alpha value is -3.22. The van der Waals surface area contributed by atoms with Crippen molar-refractivity contribution in [3.8, 4) is 0 Å². The number of carbonyl (C=O) groups is 1. The predicted molar refractivity (Wildman–Crippen MR) is 125 cm³/mol. The van der Waals surface area contributed by atoms with Gasteiger partial charge in [-0.2, -0.15) is 4.31 Å². The van der Waals surface area contributed by atoms with Crippen molar-refractivity contribution in [2.24, 2.45) is 0 Å². The highest BCUT2D eigenvalue weighted by molar-refractivity contribution is 7.89. The topological polar surface area (TPSA) is 66.5 Å². The Balaban J connectivity index is 1.58. The fourth-order valence-electron chi connectivity index (χ4n) is 4.04. The molecule has 6 heteroatoms. The second-order valence-corrected chi connectivity index (χ2v) is 9.43. The van der Waals surface area contributed by atoms with Gasteiger partial charge in [0.15, 0.2) is 0 Å². The smallest absolute Gasteiger partial charge is 0.255 e. The minimum atomic E-state index is -3.70. The van der Waals surface area contributed by atoms with E-state index >= 15 is 0 Å². The first-order valence-corrected chi connectivity index (χ1v) is 11.6. The quantitative estimate of drug-likeness (QED) is 0.531. The van der Waals surface area contributed by atoms with Gasteiger partial charge >= 0.3 is 0 Å². The second-order valence-electron chi connectivity index (χ2n) is 7.49. The zero-order chi connectivity index (χ0) is 22.0. The third-order valence-corrected chi connectivity index (χ3v) is 7.39. The van der Waals surface area contributed by atoms with E-state index in [4.69, 9.17) is 0 Å². The Morgan fingerprint density at radius 2 is 1.58 bits per heavy atom. The molecule has 0 radical (unpaired) electrons. The van der Waals surface area contributed by atoms with Gasteiger partial charge in [0.1, 0.15) is 0 Å². The number of hydrogen-bond acceptors (Lipinski definition) is 3. The Labute approximate surface area is 182 Å². The first-order chi connectivity index (χ1) is 15.0. The molecule has 3 aromatic rings. The molecular weight excluding hydrogens is 408 g/mol. The van der Waals surface area contributed by atoms with E-state index in [1.807, 2.05) is 18.2 Å². The summed E-state index contributed by atoms with van der Waals surface area (Å²) in [5.74, 6) is -0.281. The molecular formula is C25H24N2O3S. The molecule has 0 fully saturated rings. The van der Waals surface area contributed by atoms with Gasteiger partial charge in [0, 0.05) is 29.7 Å². The zero-order valence-corrected chi connectivity index (χ0v) is 18.0. The summed E-state index contributed by atoms with van der Waals surface area (Å²) in [6.07, 6.45) is 5.10. The van der Waals surface area contributed by atoms with Crippen molar-refractivity contribution < 1.29 is 13.2 Å². The summed E-state index contributed by atoms with van der Waals surface area (Å²) in [6.45, 7) is 7.58. The van der Waals surface area contributed by atoms with Gasteiger partial charge in [-0.25, -0.2) is 8.42 Å². The Morgan fingerprint density at radius 1 is 0.935 bits per heavy atom. The molecule has 1 amide bonds. The molecule has 0 bridgehead atoms. The lowest BCUT2D eigenvalue weighted by molar-refractivity contribution is 0.102. The highest BCUT2D eigenvalue weighted by atomic mass is 32.2. The highest BCUT2D eigenvalue weighted by Crippen LogP contribution is 2.35. The molecule has 0 saturated heterocycles. The summed E-state index contributed by atoms with van der Waals surface area (Å²) in [5.41, 5.74) is 3.76. The average molecular weight is 433 g/mol. The zero-order valence-electron chi connectivity index (χ0n) is 17.2. The SMILES string of the molecule is C=CCN(CC=C)S(=O)(=O)c1ccc(C(=O)Nc2ccc3c4c(cccc24)CC3)cc1. The number of aryl methyl sites for hydroxylation is 2. The van der Waals surface area contributed by atoms with Gasteiger partial charge < -0.3 is 5.32 Å². The number of nitrogens with one attached hydrogen (secondary N) is 1. The van der Waals surface area contributed by atoms with Gasteiger partial charge in [0.05, 0.1) is 4.90 Å². The molecule has 3 aromatic carbocycles. The van der Waals surface area contributed by atoms with Crippen molar-refractivity contribution in [2.45, 2.75) is 17.7 Å². The standard InChI is InChI=1S/C25H24N2O3S/c1-3-16-27(17-4-2)31(29,30)21-13-10-20(11-14-21)25(28)26-23-15-12-19-9-8-18-6-5-7-22(23)24(18)19/h3-7,10-15H,1-2,8-9,16-17H2,(H,26,28). The van der Waals surface area contributed by atoms with Gasteiger partial charge in [-0.3, -0.25) is 4.79 Å². The van der Waals surface area contributed by atoms with Crippen molar-refractivity contribution in [3.63, 3.8) is 0 Å². The molecule has 0 aliphatic heterocycles. The molecule has 0 atom stereocenters. The summed E-state index contributed by atoms with van der Waals surface area (Å²) >= 11 is 0. The number of anilines is 1. The van der Waals surface area contributed by atoms with Crippen LogP contribution in [0.5, 0.6) is 0 Å². The lowest BCUT2D eigenvalue weighted by Crippen LogP contribution is -2.31. The number of benzene rings is 3. The molecule has 5 nitrogen and oxygen atoms in total. The molecule has 1 aliphatic carbocycles. The van der Waals surface area contributed by atoms with Crippen molar-refractivity contribution >= 4 is 32.4 Å². The van der Waals surface area contributed by atoms with E-state index in [1.54, 1.807) is 0 Å². The summed E-state index contributed by atoms with van der Waals surface area (Å²) < 4.78 is 26.9. The molecule has 0 aromatic heterocycles. The van der Waals surface area contributed by atoms with Crippen LogP contribution in [0.4, 0.5) is 5.69 Å². The Kier molecular flexibility index (Phi) is 5.76. The number of amides is 1. The van der Waals surface area contributed by atoms with Crippen LogP contribution in [0.15, 0.2) is 84.8 Å². The molecule has 31 heavy (non-hydrogen) atoms. The molecule has 158 valence electrons. The van der Waals surface area contributed by atoms with Crippen molar-refractivity contribution in [1.29, 1.82) is 0 Å². The fourth-order valence-corrected chi connectivity index (χ4v) is 5.42. The monoisotopic (exact) mass is 432 g/mol. The largest absolute Gasteiger partial charge is 0.321 e. The van der Waals surface area contributed by atoms with Gasteiger partial charge in [0.25, 0.3) is 5.91 Å². The summed E-state index contributed by atoms with van der Waals surface area (Å²) in [6, 6.07) is 16.1. The first kappa shape index (κ1) is 21.0. The normalized spacial score (nSPS) is 12.8. The lowest BCUT2D eigenvalue weighted by Gasteiger charge is -2.19. The number of nitrogens with zero attached hydrogens (tertiary/aromatic N) is 1. The van der Waals surface area contributed by atoms with Crippen molar-refractivity contribution in [1.82, 2.24) is 4.31 Å². The maximum absolute atomic E-state index is 12.8. The molecule has 1 N–H and O–H groups in total. The Bertz CT molecular complexity index is 1260. The molecule has 0 unspecified atom stereocenters. The van der Waals surface area contributed by atoms with E-state index in [0.717, 1.165) is 23.9 Å². The van der Waals surface area contributed by atoms with E-state index < -0.39 is 10.0 Å². The van der Waals surface area contributed by atoms with Crippen molar-refractivity contribution in [3.05, 3.63) is 96.6 Å². The average Bonchev–Trinajstić information content (AvgIpc) is 3.20. The maximum Gasteiger partial charge on any atom is 0.255 e. The fraction of sp³-hybridized carbons (Fsp3) is 0.160. The summed E-state index contributed by atoms with van der Waals surface area (Å²) in [5, 5.41) is 5.24. The molecule has 4 rings (SSSR count). The van der Waals surface area contributed by atoms with Crippen molar-refractivity contribution in [2.75, 3.05) is 18.4 Å². The maximum atomic E-state index is 12.8. The van der Waals surface area contributed by atoms with Crippen LogP contribution in [0, 0.1) is 0 Å². The third-order valence-electron chi connectivity index (χ3n) is 5.54. The highest BCUT2D eigenvalue weighted by Gasteiger charge is 2.23. The van der Waals surface area contributed by atoms with E-state index in [0.29, 0.717) is 5.56 Å². The number of rotatable bonds is 8. The van der Waals surface area contributed by atoms with E-state index in [9.17, 15) is 13.2 Å². The van der Waals surface area contributed by atoms with Crippen LogP contribution in [-0.4, -0.2) is 31.7 Å². The van der Waals surface area contributed by atoms with Crippen LogP contribution in [0.3, 0.4) is 0 Å². The van der Waals surface area contributed by atoms with E-state index in [1.165, 1.54) is 57.2 Å². The van der Waals surface area contributed by atoms with Crippen LogP contribution in [-0.2, 0) is 22.9 Å². The molecule has 0 heterocycles. The van der Waals surface area contributed by atoms with Gasteiger partial charge in [0.2, 0.25) is 10.0 Å². The second kappa shape index (κ2) is 8.49. The number of sulfonamides is 1. The van der Waals surface area contributed by atoms with Crippen LogP contribution in [0.2, 0.25) is 0 Å². The van der Waals surface area contributed by atoms with Crippen LogP contribution in [0.25, 0.3) is 10.8 Å². The van der Waals surface area contributed by atoms with Gasteiger partial charge in [-0.05, 0) is 59.7 Å². The van der Waals surface area contributed by atoms with E-state index in [2.05, 4.69) is 30.6 Å². The van der Waals surface area contributed by atoms with Gasteiger partial charge in [-0.1, -0.05) is 36.4 Å². The number of hydrogen-bond donors (Lipinski definition) is 1. The lowest BCUT2D eigenvalue weighted by atomic mass is 10.0. The van der Waals surface area contributed by atoms with Crippen LogP contribution >= 0.6 is 0 Å². The van der Waals surface area contributed by atoms with Crippen LogP contribution < -0.4 is 5.32 Å².